The predicted molar refractivity (Wildman–Crippen MR) is 143 cm³/mol. The van der Waals surface area contributed by atoms with Gasteiger partial charge in [-0.15, -0.1) is 0 Å². The first-order chi connectivity index (χ1) is 18.4. The third kappa shape index (κ3) is 6.10. The van der Waals surface area contributed by atoms with Crippen LogP contribution in [0.3, 0.4) is 0 Å². The lowest BCUT2D eigenvalue weighted by molar-refractivity contribution is 0.0598. The number of methoxy groups -OCH3 is 2. The Morgan fingerprint density at radius 3 is 2.05 bits per heavy atom. The predicted octanol–water partition coefficient (Wildman–Crippen LogP) is 5.64. The Balaban J connectivity index is 1.57. The first-order valence-corrected chi connectivity index (χ1v) is 11.9. The lowest BCUT2D eigenvalue weighted by Crippen LogP contribution is -2.15. The average Bonchev–Trinajstić information content (AvgIpc) is 2.95. The van der Waals surface area contributed by atoms with Crippen molar-refractivity contribution in [2.24, 2.45) is 0 Å². The van der Waals surface area contributed by atoms with E-state index in [0.717, 1.165) is 10.8 Å². The van der Waals surface area contributed by atoms with Gasteiger partial charge in [-0.1, -0.05) is 30.3 Å². The standard InChI is InChI=1S/C30H27NO7/c1-4-37-27-12-10-21(13-24(27)18-38-26-11-9-19-7-5-6-8-20(19)17-26)28(32)31-25-15-22(29(33)35-2)14-23(16-25)30(34)36-3/h5-17H,4,18H2,1-3H3,(H,31,32). The van der Waals surface area contributed by atoms with Crippen LogP contribution in [0.4, 0.5) is 5.69 Å². The van der Waals surface area contributed by atoms with Gasteiger partial charge in [0.2, 0.25) is 0 Å². The Bertz CT molecular complexity index is 1460. The summed E-state index contributed by atoms with van der Waals surface area (Å²) in [5.74, 6) is -0.458. The van der Waals surface area contributed by atoms with Crippen LogP contribution in [-0.4, -0.2) is 38.7 Å². The van der Waals surface area contributed by atoms with Crippen LogP contribution in [-0.2, 0) is 16.1 Å². The highest BCUT2D eigenvalue weighted by Crippen LogP contribution is 2.26. The maximum Gasteiger partial charge on any atom is 0.337 e. The molecule has 194 valence electrons. The molecule has 0 fully saturated rings. The quantitative estimate of drug-likeness (QED) is 0.289. The Labute approximate surface area is 220 Å². The summed E-state index contributed by atoms with van der Waals surface area (Å²) in [6, 6.07) is 23.1. The maximum atomic E-state index is 13.1. The number of esters is 2. The molecule has 1 amide bonds. The number of benzene rings is 4. The van der Waals surface area contributed by atoms with Gasteiger partial charge in [0.25, 0.3) is 5.91 Å². The van der Waals surface area contributed by atoms with Gasteiger partial charge in [-0.3, -0.25) is 4.79 Å². The first kappa shape index (κ1) is 26.2. The van der Waals surface area contributed by atoms with Gasteiger partial charge in [0.1, 0.15) is 18.1 Å². The van der Waals surface area contributed by atoms with Crippen molar-refractivity contribution in [2.75, 3.05) is 26.1 Å². The van der Waals surface area contributed by atoms with Crippen LogP contribution in [0.5, 0.6) is 11.5 Å². The number of hydrogen-bond donors (Lipinski definition) is 1. The SMILES string of the molecule is CCOc1ccc(C(=O)Nc2cc(C(=O)OC)cc(C(=O)OC)c2)cc1COc1ccc2ccccc2c1. The molecular weight excluding hydrogens is 486 g/mol. The van der Waals surface area contributed by atoms with Crippen LogP contribution < -0.4 is 14.8 Å². The fourth-order valence-electron chi connectivity index (χ4n) is 3.92. The van der Waals surface area contributed by atoms with Gasteiger partial charge < -0.3 is 24.3 Å². The highest BCUT2D eigenvalue weighted by atomic mass is 16.5. The van der Waals surface area contributed by atoms with Gasteiger partial charge >= 0.3 is 11.9 Å². The minimum absolute atomic E-state index is 0.0990. The Kier molecular flexibility index (Phi) is 8.23. The fourth-order valence-corrected chi connectivity index (χ4v) is 3.92. The molecule has 4 aromatic carbocycles. The fraction of sp³-hybridized carbons (Fsp3) is 0.167. The molecule has 1 N–H and O–H groups in total. The lowest BCUT2D eigenvalue weighted by Gasteiger charge is -2.14. The molecule has 4 rings (SSSR count). The van der Waals surface area contributed by atoms with Crippen molar-refractivity contribution in [1.82, 2.24) is 0 Å². The Hall–Kier alpha value is -4.85. The Morgan fingerprint density at radius 2 is 1.39 bits per heavy atom. The number of rotatable bonds is 9. The van der Waals surface area contributed by atoms with Crippen LogP contribution in [0.1, 0.15) is 43.6 Å². The van der Waals surface area contributed by atoms with Crippen LogP contribution in [0, 0.1) is 0 Å². The summed E-state index contributed by atoms with van der Waals surface area (Å²) >= 11 is 0. The van der Waals surface area contributed by atoms with E-state index in [2.05, 4.69) is 5.32 Å². The molecule has 0 bridgehead atoms. The molecule has 4 aromatic rings. The van der Waals surface area contributed by atoms with Crippen LogP contribution in [0.25, 0.3) is 10.8 Å². The Morgan fingerprint density at radius 1 is 0.711 bits per heavy atom. The van der Waals surface area contributed by atoms with Crippen molar-refractivity contribution in [3.63, 3.8) is 0 Å². The zero-order chi connectivity index (χ0) is 27.1. The molecule has 38 heavy (non-hydrogen) atoms. The number of amides is 1. The highest BCUT2D eigenvalue weighted by molar-refractivity contribution is 6.06. The lowest BCUT2D eigenvalue weighted by atomic mass is 10.1. The van der Waals surface area contributed by atoms with Crippen molar-refractivity contribution in [3.05, 3.63) is 101 Å². The van der Waals surface area contributed by atoms with Crippen molar-refractivity contribution in [3.8, 4) is 11.5 Å². The number of nitrogens with one attached hydrogen (secondary N) is 1. The number of hydrogen-bond acceptors (Lipinski definition) is 7. The zero-order valence-electron chi connectivity index (χ0n) is 21.3. The summed E-state index contributed by atoms with van der Waals surface area (Å²) in [4.78, 5) is 37.3. The van der Waals surface area contributed by atoms with E-state index in [4.69, 9.17) is 18.9 Å². The van der Waals surface area contributed by atoms with Crippen molar-refractivity contribution in [2.45, 2.75) is 13.5 Å². The molecule has 8 heteroatoms. The molecule has 0 unspecified atom stereocenters. The third-order valence-electron chi connectivity index (χ3n) is 5.77. The van der Waals surface area contributed by atoms with Crippen molar-refractivity contribution < 1.29 is 33.3 Å². The highest BCUT2D eigenvalue weighted by Gasteiger charge is 2.17. The van der Waals surface area contributed by atoms with Gasteiger partial charge in [-0.2, -0.15) is 0 Å². The average molecular weight is 514 g/mol. The number of carbonyl (C=O) groups is 3. The first-order valence-electron chi connectivity index (χ1n) is 11.9. The van der Waals surface area contributed by atoms with E-state index < -0.39 is 17.8 Å². The summed E-state index contributed by atoms with van der Waals surface area (Å²) in [6.45, 7) is 2.51. The molecule has 0 aliphatic carbocycles. The largest absolute Gasteiger partial charge is 0.493 e. The summed E-state index contributed by atoms with van der Waals surface area (Å²) in [5, 5.41) is 4.90. The van der Waals surface area contributed by atoms with E-state index >= 15 is 0 Å². The van der Waals surface area contributed by atoms with Crippen molar-refractivity contribution >= 4 is 34.3 Å². The molecule has 0 radical (unpaired) electrons. The van der Waals surface area contributed by atoms with Gasteiger partial charge in [-0.05, 0) is 66.2 Å². The second-order valence-electron chi connectivity index (χ2n) is 8.29. The molecule has 8 nitrogen and oxygen atoms in total. The molecule has 0 spiro atoms. The van der Waals surface area contributed by atoms with E-state index in [-0.39, 0.29) is 23.4 Å². The zero-order valence-corrected chi connectivity index (χ0v) is 21.3. The molecule has 0 atom stereocenters. The topological polar surface area (TPSA) is 100 Å². The summed E-state index contributed by atoms with van der Waals surface area (Å²) in [7, 11) is 2.46. The van der Waals surface area contributed by atoms with E-state index in [1.807, 2.05) is 49.4 Å². The van der Waals surface area contributed by atoms with Crippen molar-refractivity contribution in [1.29, 1.82) is 0 Å². The molecule has 0 aromatic heterocycles. The molecule has 0 aliphatic heterocycles. The van der Waals surface area contributed by atoms with Gasteiger partial charge in [0.05, 0.1) is 32.0 Å². The van der Waals surface area contributed by atoms with E-state index in [1.54, 1.807) is 18.2 Å². The van der Waals surface area contributed by atoms with E-state index in [9.17, 15) is 14.4 Å². The second-order valence-corrected chi connectivity index (χ2v) is 8.29. The monoisotopic (exact) mass is 513 g/mol. The molecule has 0 saturated carbocycles. The number of anilines is 1. The number of carbonyl (C=O) groups excluding carboxylic acids is 3. The smallest absolute Gasteiger partial charge is 0.337 e. The minimum Gasteiger partial charge on any atom is -0.493 e. The van der Waals surface area contributed by atoms with Crippen LogP contribution in [0.2, 0.25) is 0 Å². The van der Waals surface area contributed by atoms with E-state index in [0.29, 0.717) is 29.2 Å². The summed E-state index contributed by atoms with van der Waals surface area (Å²) in [6.07, 6.45) is 0. The van der Waals surface area contributed by atoms with Gasteiger partial charge in [0, 0.05) is 16.8 Å². The normalized spacial score (nSPS) is 10.5. The molecule has 0 aliphatic rings. The van der Waals surface area contributed by atoms with Gasteiger partial charge in [-0.25, -0.2) is 9.59 Å². The van der Waals surface area contributed by atoms with Gasteiger partial charge in [0.15, 0.2) is 0 Å². The molecule has 0 heterocycles. The van der Waals surface area contributed by atoms with Crippen LogP contribution in [0.15, 0.2) is 78.9 Å². The molecular formula is C30H27NO7. The number of fused-ring (bicyclic) bond motifs is 1. The summed E-state index contributed by atoms with van der Waals surface area (Å²) < 4.78 is 21.3. The van der Waals surface area contributed by atoms with E-state index in [1.165, 1.54) is 32.4 Å². The third-order valence-corrected chi connectivity index (χ3v) is 5.77. The summed E-state index contributed by atoms with van der Waals surface area (Å²) in [5.41, 5.74) is 1.46. The maximum absolute atomic E-state index is 13.1. The number of ether oxygens (including phenoxy) is 4. The molecule has 0 saturated heterocycles. The minimum atomic E-state index is -0.652. The van der Waals surface area contributed by atoms with Crippen LogP contribution >= 0.6 is 0 Å². The second kappa shape index (κ2) is 11.9.